The lowest BCUT2D eigenvalue weighted by Crippen LogP contribution is -2.52. The van der Waals surface area contributed by atoms with E-state index in [0.717, 1.165) is 10.4 Å². The number of sulfonamides is 1. The van der Waals surface area contributed by atoms with Crippen molar-refractivity contribution in [2.75, 3.05) is 10.8 Å². The van der Waals surface area contributed by atoms with Gasteiger partial charge in [0.2, 0.25) is 11.8 Å². The average Bonchev–Trinajstić information content (AvgIpc) is 2.95. The minimum Gasteiger partial charge on any atom is -0.352 e. The van der Waals surface area contributed by atoms with Crippen LogP contribution in [-0.4, -0.2) is 48.7 Å². The van der Waals surface area contributed by atoms with Crippen LogP contribution in [-0.2, 0) is 26.2 Å². The summed E-state index contributed by atoms with van der Waals surface area (Å²) in [5, 5.41) is 14.9. The fourth-order valence-electron chi connectivity index (χ4n) is 3.89. The number of amides is 2. The number of anilines is 1. The fourth-order valence-corrected chi connectivity index (χ4v) is 5.79. The van der Waals surface area contributed by atoms with Gasteiger partial charge in [0.05, 0.1) is 15.5 Å². The summed E-state index contributed by atoms with van der Waals surface area (Å²) >= 11 is 12.4. The Balaban J connectivity index is 2.08. The molecule has 0 spiro atoms. The molecule has 3 aromatic carbocycles. The molecule has 0 saturated heterocycles. The molecule has 0 unspecified atom stereocenters. The molecule has 2 amide bonds. The number of non-ortho nitro benzene ring substituents is 1. The van der Waals surface area contributed by atoms with Crippen LogP contribution in [0.4, 0.5) is 11.4 Å². The highest BCUT2D eigenvalue weighted by Crippen LogP contribution is 2.28. The topological polar surface area (TPSA) is 130 Å². The second kappa shape index (κ2) is 13.8. The monoisotopic (exact) mass is 620 g/mol. The highest BCUT2D eigenvalue weighted by atomic mass is 35.5. The van der Waals surface area contributed by atoms with Gasteiger partial charge >= 0.3 is 0 Å². The number of rotatable bonds is 12. The van der Waals surface area contributed by atoms with E-state index in [4.69, 9.17) is 23.2 Å². The Morgan fingerprint density at radius 3 is 2.29 bits per heavy atom. The SMILES string of the molecule is CC[C@@H](C)NC(=O)[C@@H](C)N(Cc1ccc(Cl)cc1Cl)C(=O)CN(c1cccc([N+](=O)[O-])c1)S(=O)(=O)c1ccccc1. The van der Waals surface area contributed by atoms with Crippen LogP contribution in [0, 0.1) is 10.1 Å². The van der Waals surface area contributed by atoms with Crippen molar-refractivity contribution in [3.8, 4) is 0 Å². The molecule has 0 fully saturated rings. The molecule has 0 saturated carbocycles. The maximum absolute atomic E-state index is 13.9. The van der Waals surface area contributed by atoms with Crippen LogP contribution in [0.15, 0.2) is 77.7 Å². The van der Waals surface area contributed by atoms with Crippen molar-refractivity contribution in [2.45, 2.75) is 50.7 Å². The molecule has 218 valence electrons. The van der Waals surface area contributed by atoms with E-state index in [1.165, 1.54) is 60.4 Å². The van der Waals surface area contributed by atoms with Crippen molar-refractivity contribution < 1.29 is 22.9 Å². The molecule has 0 aromatic heterocycles. The zero-order valence-electron chi connectivity index (χ0n) is 22.7. The lowest BCUT2D eigenvalue weighted by atomic mass is 10.1. The normalized spacial score (nSPS) is 12.7. The highest BCUT2D eigenvalue weighted by Gasteiger charge is 2.33. The molecular formula is C28H30Cl2N4O6S. The van der Waals surface area contributed by atoms with Gasteiger partial charge in [0, 0.05) is 34.8 Å². The van der Waals surface area contributed by atoms with Gasteiger partial charge in [0.25, 0.3) is 15.7 Å². The van der Waals surface area contributed by atoms with Crippen molar-refractivity contribution in [3.05, 3.63) is 98.5 Å². The number of carbonyl (C=O) groups excluding carboxylic acids is 2. The summed E-state index contributed by atoms with van der Waals surface area (Å²) in [6.07, 6.45) is 0.658. The van der Waals surface area contributed by atoms with Crippen LogP contribution in [0.1, 0.15) is 32.8 Å². The Morgan fingerprint density at radius 1 is 1.00 bits per heavy atom. The molecule has 3 rings (SSSR count). The Morgan fingerprint density at radius 2 is 1.68 bits per heavy atom. The van der Waals surface area contributed by atoms with Crippen molar-refractivity contribution in [3.63, 3.8) is 0 Å². The molecular weight excluding hydrogens is 591 g/mol. The smallest absolute Gasteiger partial charge is 0.271 e. The van der Waals surface area contributed by atoms with Crippen LogP contribution in [0.5, 0.6) is 0 Å². The van der Waals surface area contributed by atoms with Crippen molar-refractivity contribution in [1.29, 1.82) is 0 Å². The predicted molar refractivity (Wildman–Crippen MR) is 158 cm³/mol. The minimum atomic E-state index is -4.36. The van der Waals surface area contributed by atoms with E-state index in [-0.39, 0.29) is 33.9 Å². The van der Waals surface area contributed by atoms with E-state index in [1.807, 2.05) is 13.8 Å². The Bertz CT molecular complexity index is 1520. The number of carbonyl (C=O) groups is 2. The second-order valence-corrected chi connectivity index (χ2v) is 12.1. The third-order valence-electron chi connectivity index (χ3n) is 6.46. The number of hydrogen-bond acceptors (Lipinski definition) is 6. The van der Waals surface area contributed by atoms with Crippen LogP contribution in [0.2, 0.25) is 10.0 Å². The van der Waals surface area contributed by atoms with Crippen LogP contribution in [0.3, 0.4) is 0 Å². The standard InChI is InChI=1S/C28H30Cl2N4O6S/c1-4-19(2)31-28(36)20(3)32(17-21-13-14-22(29)15-26(21)30)27(35)18-33(23-9-8-10-24(16-23)34(37)38)41(39,40)25-11-6-5-7-12-25/h5-16,19-20H,4,17-18H2,1-3H3,(H,31,36)/t19-,20-/m1/s1. The van der Waals surface area contributed by atoms with Gasteiger partial charge in [-0.25, -0.2) is 8.42 Å². The first-order valence-electron chi connectivity index (χ1n) is 12.7. The molecule has 0 heterocycles. The van der Waals surface area contributed by atoms with Gasteiger partial charge in [0.1, 0.15) is 12.6 Å². The number of hydrogen-bond donors (Lipinski definition) is 1. The predicted octanol–water partition coefficient (Wildman–Crippen LogP) is 5.43. The summed E-state index contributed by atoms with van der Waals surface area (Å²) in [6.45, 7) is 4.38. The molecule has 2 atom stereocenters. The van der Waals surface area contributed by atoms with Gasteiger partial charge in [-0.2, -0.15) is 0 Å². The van der Waals surface area contributed by atoms with E-state index in [1.54, 1.807) is 18.2 Å². The van der Waals surface area contributed by atoms with E-state index in [0.29, 0.717) is 17.0 Å². The Labute approximate surface area is 249 Å². The third-order valence-corrected chi connectivity index (χ3v) is 8.84. The van der Waals surface area contributed by atoms with E-state index in [9.17, 15) is 28.1 Å². The first-order valence-corrected chi connectivity index (χ1v) is 14.9. The number of nitro groups is 1. The first-order chi connectivity index (χ1) is 19.3. The lowest BCUT2D eigenvalue weighted by Gasteiger charge is -2.32. The van der Waals surface area contributed by atoms with Crippen LogP contribution in [0.25, 0.3) is 0 Å². The Kier molecular flexibility index (Phi) is 10.7. The molecule has 0 aliphatic heterocycles. The van der Waals surface area contributed by atoms with E-state index < -0.39 is 39.3 Å². The van der Waals surface area contributed by atoms with Gasteiger partial charge in [-0.15, -0.1) is 0 Å². The molecule has 0 aliphatic rings. The average molecular weight is 622 g/mol. The third kappa shape index (κ3) is 7.96. The van der Waals surface area contributed by atoms with Crippen molar-refractivity contribution >= 4 is 56.4 Å². The summed E-state index contributed by atoms with van der Waals surface area (Å²) in [5.74, 6) is -1.17. The molecule has 41 heavy (non-hydrogen) atoms. The zero-order chi connectivity index (χ0) is 30.3. The van der Waals surface area contributed by atoms with Gasteiger partial charge in [0.15, 0.2) is 0 Å². The van der Waals surface area contributed by atoms with Gasteiger partial charge in [-0.1, -0.05) is 60.5 Å². The lowest BCUT2D eigenvalue weighted by molar-refractivity contribution is -0.384. The van der Waals surface area contributed by atoms with Crippen molar-refractivity contribution in [1.82, 2.24) is 10.2 Å². The molecule has 0 bridgehead atoms. The van der Waals surface area contributed by atoms with Gasteiger partial charge < -0.3 is 10.2 Å². The highest BCUT2D eigenvalue weighted by molar-refractivity contribution is 7.92. The molecule has 3 aromatic rings. The fraction of sp³-hybridized carbons (Fsp3) is 0.286. The van der Waals surface area contributed by atoms with Crippen LogP contribution < -0.4 is 9.62 Å². The summed E-state index contributed by atoms with van der Waals surface area (Å²) < 4.78 is 28.4. The van der Waals surface area contributed by atoms with Gasteiger partial charge in [-0.3, -0.25) is 24.0 Å². The van der Waals surface area contributed by atoms with Crippen LogP contribution >= 0.6 is 23.2 Å². The summed E-state index contributed by atoms with van der Waals surface area (Å²) in [4.78, 5) is 39.0. The molecule has 1 N–H and O–H groups in total. The number of nitrogens with one attached hydrogen (secondary N) is 1. The zero-order valence-corrected chi connectivity index (χ0v) is 25.0. The van der Waals surface area contributed by atoms with E-state index >= 15 is 0 Å². The summed E-state index contributed by atoms with van der Waals surface area (Å²) in [5.41, 5.74) is 0.0484. The van der Waals surface area contributed by atoms with E-state index in [2.05, 4.69) is 5.32 Å². The number of halogens is 2. The maximum atomic E-state index is 13.9. The van der Waals surface area contributed by atoms with Gasteiger partial charge in [-0.05, 0) is 56.2 Å². The molecule has 10 nitrogen and oxygen atoms in total. The maximum Gasteiger partial charge on any atom is 0.271 e. The second-order valence-electron chi connectivity index (χ2n) is 9.35. The molecule has 0 aliphatic carbocycles. The Hall–Kier alpha value is -3.67. The summed E-state index contributed by atoms with van der Waals surface area (Å²) in [7, 11) is -4.36. The minimum absolute atomic E-state index is 0.0856. The summed E-state index contributed by atoms with van der Waals surface area (Å²) in [6, 6.07) is 15.9. The number of nitrogens with zero attached hydrogens (tertiary/aromatic N) is 3. The largest absolute Gasteiger partial charge is 0.352 e. The molecule has 0 radical (unpaired) electrons. The number of benzene rings is 3. The number of nitro benzene ring substituents is 1. The quantitative estimate of drug-likeness (QED) is 0.212. The molecule has 13 heteroatoms. The van der Waals surface area contributed by atoms with Crippen molar-refractivity contribution in [2.24, 2.45) is 0 Å². The first kappa shape index (κ1) is 31.9.